The number of aryl methyl sites for hydroxylation is 1. The lowest BCUT2D eigenvalue weighted by atomic mass is 10.2. The van der Waals surface area contributed by atoms with E-state index in [4.69, 9.17) is 0 Å². The van der Waals surface area contributed by atoms with Crippen LogP contribution in [0.1, 0.15) is 24.5 Å². The molecule has 3 heterocycles. The predicted octanol–water partition coefficient (Wildman–Crippen LogP) is 2.13. The Kier molecular flexibility index (Phi) is 6.92. The maximum atomic E-state index is 4.48. The molecule has 0 amide bonds. The lowest BCUT2D eigenvalue weighted by Crippen LogP contribution is -2.52. The van der Waals surface area contributed by atoms with Gasteiger partial charge < -0.3 is 19.7 Å². The van der Waals surface area contributed by atoms with E-state index in [0.717, 1.165) is 56.8 Å². The molecule has 2 aliphatic heterocycles. The van der Waals surface area contributed by atoms with E-state index in [1.165, 1.54) is 18.5 Å². The molecule has 1 aromatic carbocycles. The number of fused-ring (bicyclic) bond motifs is 1. The van der Waals surface area contributed by atoms with Gasteiger partial charge in [0.25, 0.3) is 0 Å². The van der Waals surface area contributed by atoms with Crippen molar-refractivity contribution in [1.29, 1.82) is 0 Å². The summed E-state index contributed by atoms with van der Waals surface area (Å²) in [6, 6.07) is 10.6. The van der Waals surface area contributed by atoms with Crippen molar-refractivity contribution in [3.8, 4) is 0 Å². The molecule has 2 aliphatic rings. The lowest BCUT2D eigenvalue weighted by Gasteiger charge is -2.37. The molecule has 1 saturated heterocycles. The van der Waals surface area contributed by atoms with Crippen molar-refractivity contribution in [2.75, 3.05) is 38.1 Å². The van der Waals surface area contributed by atoms with Crippen LogP contribution in [0.2, 0.25) is 0 Å². The van der Waals surface area contributed by atoms with Gasteiger partial charge in [-0.15, -0.1) is 34.2 Å². The minimum absolute atomic E-state index is 0. The summed E-state index contributed by atoms with van der Waals surface area (Å²) in [7, 11) is 1.85. The van der Waals surface area contributed by atoms with Crippen molar-refractivity contribution >= 4 is 35.6 Å². The zero-order valence-corrected chi connectivity index (χ0v) is 18.2. The highest BCUT2D eigenvalue weighted by atomic mass is 127. The van der Waals surface area contributed by atoms with Gasteiger partial charge in [-0.3, -0.25) is 4.99 Å². The molecule has 1 fully saturated rings. The first-order chi connectivity index (χ1) is 12.8. The third kappa shape index (κ3) is 4.53. The van der Waals surface area contributed by atoms with Crippen molar-refractivity contribution in [1.82, 2.24) is 25.0 Å². The molecule has 8 heteroatoms. The first-order valence-corrected chi connectivity index (χ1v) is 9.51. The summed E-state index contributed by atoms with van der Waals surface area (Å²) in [5.41, 5.74) is 1.30. The summed E-state index contributed by atoms with van der Waals surface area (Å²) >= 11 is 0. The van der Waals surface area contributed by atoms with Crippen LogP contribution in [0.15, 0.2) is 35.3 Å². The van der Waals surface area contributed by atoms with Crippen LogP contribution in [0.25, 0.3) is 0 Å². The molecule has 4 rings (SSSR count). The number of benzene rings is 1. The number of piperazine rings is 1. The van der Waals surface area contributed by atoms with E-state index in [9.17, 15) is 0 Å². The first kappa shape index (κ1) is 19.9. The molecule has 0 bridgehead atoms. The fourth-order valence-corrected chi connectivity index (χ4v) is 3.80. The number of halogens is 1. The summed E-state index contributed by atoms with van der Waals surface area (Å²) in [5.74, 6) is 3.09. The maximum absolute atomic E-state index is 4.48. The SMILES string of the molecule is CN=C(NCc1nnc2n1CCCC2)N1CCN(c2ccccc2)CC1.I. The molecular weight excluding hydrogens is 453 g/mol. The summed E-state index contributed by atoms with van der Waals surface area (Å²) in [5, 5.41) is 12.2. The van der Waals surface area contributed by atoms with Gasteiger partial charge in [-0.05, 0) is 25.0 Å². The van der Waals surface area contributed by atoms with E-state index < -0.39 is 0 Å². The number of hydrogen-bond acceptors (Lipinski definition) is 4. The molecule has 1 aromatic heterocycles. The zero-order valence-electron chi connectivity index (χ0n) is 15.8. The fourth-order valence-electron chi connectivity index (χ4n) is 3.80. The number of hydrogen-bond donors (Lipinski definition) is 1. The molecule has 146 valence electrons. The Labute approximate surface area is 177 Å². The Morgan fingerprint density at radius 1 is 1.04 bits per heavy atom. The normalized spacial score (nSPS) is 17.3. The Hall–Kier alpha value is -1.84. The number of aliphatic imine (C=N–C) groups is 1. The molecule has 2 aromatic rings. The van der Waals surface area contributed by atoms with Crippen molar-refractivity contribution in [2.45, 2.75) is 32.4 Å². The van der Waals surface area contributed by atoms with Gasteiger partial charge in [-0.2, -0.15) is 0 Å². The van der Waals surface area contributed by atoms with Crippen molar-refractivity contribution in [3.63, 3.8) is 0 Å². The van der Waals surface area contributed by atoms with E-state index in [0.29, 0.717) is 6.54 Å². The van der Waals surface area contributed by atoms with Crippen molar-refractivity contribution < 1.29 is 0 Å². The van der Waals surface area contributed by atoms with E-state index in [1.807, 2.05) is 7.05 Å². The van der Waals surface area contributed by atoms with Crippen LogP contribution >= 0.6 is 24.0 Å². The van der Waals surface area contributed by atoms with Gasteiger partial charge in [0.1, 0.15) is 5.82 Å². The smallest absolute Gasteiger partial charge is 0.194 e. The number of anilines is 1. The van der Waals surface area contributed by atoms with Crippen LogP contribution in [0.3, 0.4) is 0 Å². The molecule has 0 spiro atoms. The predicted molar refractivity (Wildman–Crippen MR) is 119 cm³/mol. The molecule has 27 heavy (non-hydrogen) atoms. The Bertz CT molecular complexity index is 751. The fraction of sp³-hybridized carbons (Fsp3) is 0.526. The number of aromatic nitrogens is 3. The van der Waals surface area contributed by atoms with Crippen molar-refractivity contribution in [3.05, 3.63) is 42.0 Å². The van der Waals surface area contributed by atoms with Gasteiger partial charge >= 0.3 is 0 Å². The summed E-state index contributed by atoms with van der Waals surface area (Å²) < 4.78 is 2.26. The largest absolute Gasteiger partial charge is 0.368 e. The average Bonchev–Trinajstić information content (AvgIpc) is 3.13. The number of rotatable bonds is 3. The lowest BCUT2D eigenvalue weighted by molar-refractivity contribution is 0.371. The van der Waals surface area contributed by atoms with E-state index in [2.05, 4.69) is 65.2 Å². The number of guanidine groups is 1. The third-order valence-corrected chi connectivity index (χ3v) is 5.25. The molecule has 7 nitrogen and oxygen atoms in total. The van der Waals surface area contributed by atoms with Gasteiger partial charge in [0.2, 0.25) is 0 Å². The molecule has 1 N–H and O–H groups in total. The van der Waals surface area contributed by atoms with Crippen LogP contribution in [0.4, 0.5) is 5.69 Å². The van der Waals surface area contributed by atoms with Crippen LogP contribution in [0.5, 0.6) is 0 Å². The highest BCUT2D eigenvalue weighted by Gasteiger charge is 2.21. The Morgan fingerprint density at radius 2 is 1.81 bits per heavy atom. The van der Waals surface area contributed by atoms with E-state index in [1.54, 1.807) is 0 Å². The number of nitrogens with one attached hydrogen (secondary N) is 1. The number of para-hydroxylation sites is 1. The van der Waals surface area contributed by atoms with E-state index >= 15 is 0 Å². The zero-order chi connectivity index (χ0) is 17.8. The Balaban J connectivity index is 0.00000210. The second-order valence-corrected chi connectivity index (χ2v) is 6.85. The standard InChI is InChI=1S/C19H27N7.HI/c1-20-19(21-15-18-23-22-17-9-5-6-10-26(17)18)25-13-11-24(12-14-25)16-7-3-2-4-8-16;/h2-4,7-8H,5-6,9-15H2,1H3,(H,20,21);1H. The monoisotopic (exact) mass is 481 g/mol. The summed E-state index contributed by atoms with van der Waals surface area (Å²) in [4.78, 5) is 9.23. The van der Waals surface area contributed by atoms with Gasteiger partial charge in [0.05, 0.1) is 6.54 Å². The highest BCUT2D eigenvalue weighted by molar-refractivity contribution is 14.0. The molecule has 0 unspecified atom stereocenters. The Morgan fingerprint density at radius 3 is 2.56 bits per heavy atom. The van der Waals surface area contributed by atoms with Gasteiger partial charge in [-0.1, -0.05) is 18.2 Å². The molecule has 0 radical (unpaired) electrons. The number of nitrogens with zero attached hydrogens (tertiary/aromatic N) is 6. The minimum Gasteiger partial charge on any atom is -0.368 e. The second kappa shape index (κ2) is 9.38. The first-order valence-electron chi connectivity index (χ1n) is 9.51. The molecule has 0 atom stereocenters. The van der Waals surface area contributed by atoms with Crippen LogP contribution < -0.4 is 10.2 Å². The van der Waals surface area contributed by atoms with Gasteiger partial charge in [0.15, 0.2) is 11.8 Å². The minimum atomic E-state index is 0. The van der Waals surface area contributed by atoms with Crippen LogP contribution in [-0.4, -0.2) is 58.9 Å². The summed E-state index contributed by atoms with van der Waals surface area (Å²) in [6.45, 7) is 5.65. The van der Waals surface area contributed by atoms with Crippen LogP contribution in [0, 0.1) is 0 Å². The quantitative estimate of drug-likeness (QED) is 0.414. The topological polar surface area (TPSA) is 61.6 Å². The van der Waals surface area contributed by atoms with Gasteiger partial charge in [-0.25, -0.2) is 0 Å². The average molecular weight is 481 g/mol. The highest BCUT2D eigenvalue weighted by Crippen LogP contribution is 2.16. The maximum Gasteiger partial charge on any atom is 0.194 e. The second-order valence-electron chi connectivity index (χ2n) is 6.85. The van der Waals surface area contributed by atoms with E-state index in [-0.39, 0.29) is 24.0 Å². The molecule has 0 saturated carbocycles. The molecular formula is C19H28IN7. The third-order valence-electron chi connectivity index (χ3n) is 5.25. The van der Waals surface area contributed by atoms with Crippen LogP contribution in [-0.2, 0) is 19.5 Å². The summed E-state index contributed by atoms with van der Waals surface area (Å²) in [6.07, 6.45) is 3.48. The molecule has 0 aliphatic carbocycles. The van der Waals surface area contributed by atoms with Crippen molar-refractivity contribution in [2.24, 2.45) is 4.99 Å². The van der Waals surface area contributed by atoms with Gasteiger partial charge in [0, 0.05) is 51.9 Å².